The number of ether oxygens (including phenoxy) is 3. The Hall–Kier alpha value is -4.28. The lowest BCUT2D eigenvalue weighted by Crippen LogP contribution is -2.45. The maximum absolute atomic E-state index is 14.3. The zero-order valence-electron chi connectivity index (χ0n) is 29.7. The van der Waals surface area contributed by atoms with Gasteiger partial charge >= 0.3 is 5.97 Å². The third-order valence-electron chi connectivity index (χ3n) is 8.72. The van der Waals surface area contributed by atoms with Crippen LogP contribution in [0.15, 0.2) is 48.5 Å². The van der Waals surface area contributed by atoms with Gasteiger partial charge in [-0.2, -0.15) is 4.80 Å². The normalized spacial score (nSPS) is 19.1. The Morgan fingerprint density at radius 1 is 1.10 bits per heavy atom. The fourth-order valence-corrected chi connectivity index (χ4v) is 6.87. The van der Waals surface area contributed by atoms with Crippen LogP contribution >= 0.6 is 0 Å². The highest BCUT2D eigenvalue weighted by Gasteiger charge is 2.36. The van der Waals surface area contributed by atoms with E-state index in [1.807, 2.05) is 52.8 Å². The van der Waals surface area contributed by atoms with Gasteiger partial charge in [-0.3, -0.25) is 9.78 Å². The molecule has 1 aliphatic carbocycles. The number of pyridine rings is 1. The molecule has 9 nitrogen and oxygen atoms in total. The summed E-state index contributed by atoms with van der Waals surface area (Å²) in [4.78, 5) is 19.6. The van der Waals surface area contributed by atoms with E-state index in [2.05, 4.69) is 53.5 Å². The van der Waals surface area contributed by atoms with Crippen molar-refractivity contribution in [1.82, 2.24) is 25.2 Å². The van der Waals surface area contributed by atoms with E-state index in [4.69, 9.17) is 19.2 Å². The van der Waals surface area contributed by atoms with Crippen LogP contribution in [0.4, 0.5) is 4.39 Å². The summed E-state index contributed by atoms with van der Waals surface area (Å²) in [6, 6.07) is 13.0. The molecule has 1 fully saturated rings. The molecule has 0 bridgehead atoms. The highest BCUT2D eigenvalue weighted by atomic mass is 19.1. The van der Waals surface area contributed by atoms with Crippen LogP contribution in [0.5, 0.6) is 0 Å². The van der Waals surface area contributed by atoms with Crippen molar-refractivity contribution in [3.05, 3.63) is 76.7 Å². The molecule has 2 aromatic carbocycles. The van der Waals surface area contributed by atoms with Crippen LogP contribution in [0.3, 0.4) is 0 Å². The van der Waals surface area contributed by atoms with Gasteiger partial charge in [-0.15, -0.1) is 10.2 Å². The lowest BCUT2D eigenvalue weighted by molar-refractivity contribution is -0.290. The van der Waals surface area contributed by atoms with Crippen LogP contribution in [0, 0.1) is 5.82 Å². The Morgan fingerprint density at radius 3 is 2.51 bits per heavy atom. The number of carbonyl (C=O) groups is 1. The van der Waals surface area contributed by atoms with Crippen LogP contribution < -0.4 is 0 Å². The molecule has 3 heterocycles. The standard InChI is InChI=1S/C39H46FN5O4/c1-23(2)35-32(19-17-28-21-29(48-39(6,7)47-28)22-33(46)49-38(3,4)5)34(24-12-15-27(40)16-13-24)31-11-9-10-25-20-26(37-42-44-45(8)43-37)14-18-30(25)36(31)41-35/h12-20,23,28-29H,9-11,21-22H2,1-8H3/t28-,29-/m1/s1. The van der Waals surface area contributed by atoms with E-state index in [9.17, 15) is 9.18 Å². The summed E-state index contributed by atoms with van der Waals surface area (Å²) in [5.74, 6) is -0.796. The van der Waals surface area contributed by atoms with Gasteiger partial charge in [0.05, 0.1) is 37.1 Å². The Balaban J connectivity index is 1.44. The first-order valence-corrected chi connectivity index (χ1v) is 17.1. The minimum absolute atomic E-state index is 0.0888. The smallest absolute Gasteiger partial charge is 0.308 e. The minimum atomic E-state index is -0.893. The molecule has 0 radical (unpaired) electrons. The number of fused-ring (bicyclic) bond motifs is 3. The highest BCUT2D eigenvalue weighted by Crippen LogP contribution is 2.43. The van der Waals surface area contributed by atoms with Gasteiger partial charge in [0.2, 0.25) is 5.82 Å². The Labute approximate surface area is 287 Å². The zero-order chi connectivity index (χ0) is 35.1. The largest absolute Gasteiger partial charge is 0.460 e. The molecular formula is C39H46FN5O4. The van der Waals surface area contributed by atoms with Crippen molar-refractivity contribution in [1.29, 1.82) is 0 Å². The van der Waals surface area contributed by atoms with Crippen molar-refractivity contribution in [2.24, 2.45) is 7.05 Å². The quantitative estimate of drug-likeness (QED) is 0.183. The molecule has 0 spiro atoms. The summed E-state index contributed by atoms with van der Waals surface area (Å²) < 4.78 is 32.4. The zero-order valence-corrected chi connectivity index (χ0v) is 29.7. The molecule has 2 aliphatic rings. The van der Waals surface area contributed by atoms with Crippen LogP contribution in [-0.4, -0.2) is 54.8 Å². The van der Waals surface area contributed by atoms with Gasteiger partial charge in [0.15, 0.2) is 5.79 Å². The summed E-state index contributed by atoms with van der Waals surface area (Å²) in [6.07, 6.45) is 6.71. The average Bonchev–Trinajstić information content (AvgIpc) is 3.36. The molecule has 6 rings (SSSR count). The predicted molar refractivity (Wildman–Crippen MR) is 187 cm³/mol. The Kier molecular flexibility index (Phi) is 9.57. The number of aryl methyl sites for hydroxylation is 2. The van der Waals surface area contributed by atoms with Crippen LogP contribution in [0.2, 0.25) is 0 Å². The molecule has 0 saturated carbocycles. The third kappa shape index (κ3) is 7.97. The summed E-state index contributed by atoms with van der Waals surface area (Å²) in [5, 5.41) is 12.6. The first-order chi connectivity index (χ1) is 23.2. The van der Waals surface area contributed by atoms with E-state index in [0.29, 0.717) is 12.2 Å². The second-order valence-corrected chi connectivity index (χ2v) is 14.8. The summed E-state index contributed by atoms with van der Waals surface area (Å²) >= 11 is 0. The van der Waals surface area contributed by atoms with Crippen molar-refractivity contribution in [3.8, 4) is 33.8 Å². The monoisotopic (exact) mass is 667 g/mol. The van der Waals surface area contributed by atoms with Crippen molar-refractivity contribution < 1.29 is 23.4 Å². The highest BCUT2D eigenvalue weighted by molar-refractivity contribution is 5.86. The number of aromatic nitrogens is 5. The fourth-order valence-electron chi connectivity index (χ4n) is 6.87. The molecule has 2 atom stereocenters. The number of nitrogens with zero attached hydrogens (tertiary/aromatic N) is 5. The molecule has 0 unspecified atom stereocenters. The second kappa shape index (κ2) is 13.6. The molecule has 4 aromatic rings. The maximum atomic E-state index is 14.3. The summed E-state index contributed by atoms with van der Waals surface area (Å²) in [6.45, 7) is 13.6. The molecule has 0 N–H and O–H groups in total. The number of tetrazole rings is 1. The van der Waals surface area contributed by atoms with Crippen molar-refractivity contribution in [2.45, 2.75) is 110 Å². The number of hydrogen-bond acceptors (Lipinski definition) is 8. The van der Waals surface area contributed by atoms with E-state index >= 15 is 0 Å². The van der Waals surface area contributed by atoms with Gasteiger partial charge < -0.3 is 14.2 Å². The molecule has 1 saturated heterocycles. The third-order valence-corrected chi connectivity index (χ3v) is 8.72. The SMILES string of the molecule is CC(C)c1nc2c(c(-c3ccc(F)cc3)c1C=C[C@@H]1C[C@H](CC(=O)OC(C)(C)C)OC(C)(C)O1)CCCc1cc(-c3nnn(C)n3)ccc1-2. The molecule has 49 heavy (non-hydrogen) atoms. The van der Waals surface area contributed by atoms with Gasteiger partial charge in [0.25, 0.3) is 0 Å². The number of rotatable bonds is 7. The molecule has 258 valence electrons. The van der Waals surface area contributed by atoms with Crippen LogP contribution in [0.25, 0.3) is 39.8 Å². The van der Waals surface area contributed by atoms with Crippen molar-refractivity contribution in [3.63, 3.8) is 0 Å². The summed E-state index contributed by atoms with van der Waals surface area (Å²) in [5.41, 5.74) is 8.61. The molecular weight excluding hydrogens is 621 g/mol. The van der Waals surface area contributed by atoms with Crippen LogP contribution in [0.1, 0.15) is 96.0 Å². The fraction of sp³-hybridized carbons (Fsp3) is 0.462. The van der Waals surface area contributed by atoms with E-state index < -0.39 is 11.4 Å². The van der Waals surface area contributed by atoms with E-state index in [0.717, 1.165) is 64.0 Å². The molecule has 0 amide bonds. The van der Waals surface area contributed by atoms with Crippen molar-refractivity contribution >= 4 is 12.0 Å². The van der Waals surface area contributed by atoms with E-state index in [-0.39, 0.29) is 36.3 Å². The van der Waals surface area contributed by atoms with Gasteiger partial charge in [0, 0.05) is 23.1 Å². The first kappa shape index (κ1) is 34.6. The van der Waals surface area contributed by atoms with E-state index in [1.54, 1.807) is 7.05 Å². The average molecular weight is 668 g/mol. The van der Waals surface area contributed by atoms with Gasteiger partial charge in [0.1, 0.15) is 11.4 Å². The van der Waals surface area contributed by atoms with Gasteiger partial charge in [-0.05, 0) is 105 Å². The lowest BCUT2D eigenvalue weighted by atomic mass is 9.86. The topological polar surface area (TPSA) is 101 Å². The van der Waals surface area contributed by atoms with E-state index in [1.165, 1.54) is 22.5 Å². The Morgan fingerprint density at radius 2 is 1.84 bits per heavy atom. The van der Waals surface area contributed by atoms with Crippen molar-refractivity contribution in [2.75, 3.05) is 0 Å². The minimum Gasteiger partial charge on any atom is -0.460 e. The lowest BCUT2D eigenvalue weighted by Gasteiger charge is -2.40. The van der Waals surface area contributed by atoms with Gasteiger partial charge in [-0.25, -0.2) is 4.39 Å². The maximum Gasteiger partial charge on any atom is 0.308 e. The first-order valence-electron chi connectivity index (χ1n) is 17.1. The second-order valence-electron chi connectivity index (χ2n) is 14.8. The molecule has 1 aliphatic heterocycles. The van der Waals surface area contributed by atoms with Crippen LogP contribution in [-0.2, 0) is 38.9 Å². The predicted octanol–water partition coefficient (Wildman–Crippen LogP) is 8.01. The Bertz CT molecular complexity index is 1870. The molecule has 2 aromatic heterocycles. The number of carbonyl (C=O) groups excluding carboxylic acids is 1. The summed E-state index contributed by atoms with van der Waals surface area (Å²) in [7, 11) is 1.76. The number of halogens is 1. The number of benzene rings is 2. The number of hydrogen-bond donors (Lipinski definition) is 0. The molecule has 10 heteroatoms. The van der Waals surface area contributed by atoms with Gasteiger partial charge in [-0.1, -0.05) is 50.3 Å². The number of esters is 1.